The van der Waals surface area contributed by atoms with Crippen molar-refractivity contribution < 1.29 is 37.3 Å². The molecule has 1 aliphatic rings. The van der Waals surface area contributed by atoms with Crippen molar-refractivity contribution in [3.05, 3.63) is 41.5 Å². The number of carbonyl (C=O) groups excluding carboxylic acids is 1. The second-order valence-corrected chi connectivity index (χ2v) is 6.42. The van der Waals surface area contributed by atoms with Crippen LogP contribution in [0.4, 0.5) is 13.2 Å². The summed E-state index contributed by atoms with van der Waals surface area (Å²) >= 11 is 0. The summed E-state index contributed by atoms with van der Waals surface area (Å²) in [4.78, 5) is 21.1. The highest BCUT2D eigenvalue weighted by atomic mass is 19.4. The van der Waals surface area contributed by atoms with Gasteiger partial charge in [0.2, 0.25) is 0 Å². The number of ether oxygens (including phenoxy) is 2. The number of hydrogen-bond acceptors (Lipinski definition) is 5. The fourth-order valence-electron chi connectivity index (χ4n) is 2.76. The van der Waals surface area contributed by atoms with Crippen molar-refractivity contribution >= 4 is 11.9 Å². The van der Waals surface area contributed by atoms with Crippen molar-refractivity contribution in [1.29, 1.82) is 0 Å². The molecule has 0 aromatic carbocycles. The largest absolute Gasteiger partial charge is 0.490 e. The van der Waals surface area contributed by atoms with Crippen LogP contribution in [0.5, 0.6) is 0 Å². The molecule has 30 heavy (non-hydrogen) atoms. The fourth-order valence-corrected chi connectivity index (χ4v) is 2.76. The Bertz CT molecular complexity index is 862. The third-order valence-electron chi connectivity index (χ3n) is 4.26. The molecule has 0 aliphatic carbocycles. The van der Waals surface area contributed by atoms with Gasteiger partial charge in [-0.15, -0.1) is 0 Å². The lowest BCUT2D eigenvalue weighted by atomic mass is 10.1. The molecule has 3 rings (SSSR count). The maximum atomic E-state index is 12.2. The third-order valence-corrected chi connectivity index (χ3v) is 4.26. The van der Waals surface area contributed by atoms with Crippen LogP contribution in [0.15, 0.2) is 24.5 Å². The highest BCUT2D eigenvalue weighted by Crippen LogP contribution is 2.25. The fraction of sp³-hybridized carbons (Fsp3) is 0.500. The molecule has 1 atom stereocenters. The Labute approximate surface area is 170 Å². The van der Waals surface area contributed by atoms with Crippen LogP contribution >= 0.6 is 0 Å². The molecule has 0 radical (unpaired) electrons. The van der Waals surface area contributed by atoms with Crippen LogP contribution in [0.3, 0.4) is 0 Å². The molecule has 9 nitrogen and oxygen atoms in total. The molecule has 1 aliphatic heterocycles. The smallest absolute Gasteiger partial charge is 0.475 e. The van der Waals surface area contributed by atoms with Gasteiger partial charge in [-0.25, -0.2) is 4.79 Å². The summed E-state index contributed by atoms with van der Waals surface area (Å²) in [5, 5.41) is 14.6. The molecule has 0 saturated heterocycles. The highest BCUT2D eigenvalue weighted by molar-refractivity contribution is 5.92. The zero-order valence-electron chi connectivity index (χ0n) is 16.5. The van der Waals surface area contributed by atoms with Gasteiger partial charge in [0.05, 0.1) is 25.5 Å². The third kappa shape index (κ3) is 6.32. The predicted octanol–water partition coefficient (Wildman–Crippen LogP) is 1.55. The second-order valence-electron chi connectivity index (χ2n) is 6.42. The van der Waals surface area contributed by atoms with Gasteiger partial charge in [-0.2, -0.15) is 18.3 Å². The van der Waals surface area contributed by atoms with Crippen LogP contribution in [0.25, 0.3) is 0 Å². The lowest BCUT2D eigenvalue weighted by molar-refractivity contribution is -0.192. The molecule has 0 spiro atoms. The first-order valence-corrected chi connectivity index (χ1v) is 9.00. The quantitative estimate of drug-likeness (QED) is 0.717. The molecular formula is C18H23F3N4O5. The van der Waals surface area contributed by atoms with E-state index >= 15 is 0 Å². The SMILES string of the molecule is COCCn1cc2c(n1)C(CNC(=O)c1cccn1C)OCC2.O=C(O)C(F)(F)F. The van der Waals surface area contributed by atoms with Crippen molar-refractivity contribution in [3.8, 4) is 0 Å². The molecule has 12 heteroatoms. The van der Waals surface area contributed by atoms with Crippen LogP contribution in [0, 0.1) is 0 Å². The second kappa shape index (κ2) is 10.3. The minimum Gasteiger partial charge on any atom is -0.475 e. The van der Waals surface area contributed by atoms with E-state index in [1.54, 1.807) is 17.7 Å². The number of carboxylic acid groups (broad SMARTS) is 1. The number of hydrogen-bond donors (Lipinski definition) is 2. The average molecular weight is 432 g/mol. The standard InChI is InChI=1S/C16H22N4O3.C2HF3O2/c1-19-6-3-4-13(19)16(21)17-10-14-15-12(5-8-23-14)11-20(18-15)7-9-22-2;3-2(4,5)1(6)7/h3-4,6,11,14H,5,7-10H2,1-2H3,(H,17,21);(H,6,7). The molecule has 0 fully saturated rings. The Hall–Kier alpha value is -2.86. The summed E-state index contributed by atoms with van der Waals surface area (Å²) in [5.74, 6) is -2.86. The molecule has 0 bridgehead atoms. The first-order chi connectivity index (χ1) is 14.1. The number of halogens is 3. The molecule has 2 N–H and O–H groups in total. The van der Waals surface area contributed by atoms with Crippen LogP contribution in [-0.2, 0) is 34.3 Å². The van der Waals surface area contributed by atoms with E-state index in [0.717, 1.165) is 12.1 Å². The summed E-state index contributed by atoms with van der Waals surface area (Å²) < 4.78 is 46.3. The zero-order chi connectivity index (χ0) is 22.3. The summed E-state index contributed by atoms with van der Waals surface area (Å²) in [6.45, 7) is 2.40. The lowest BCUT2D eigenvalue weighted by Gasteiger charge is -2.22. The number of aromatic nitrogens is 3. The predicted molar refractivity (Wildman–Crippen MR) is 97.9 cm³/mol. The van der Waals surface area contributed by atoms with Crippen molar-refractivity contribution in [2.24, 2.45) is 7.05 Å². The van der Waals surface area contributed by atoms with Gasteiger partial charge >= 0.3 is 12.1 Å². The Balaban J connectivity index is 0.000000396. The molecule has 2 aromatic rings. The number of methoxy groups -OCH3 is 1. The van der Waals surface area contributed by atoms with Crippen molar-refractivity contribution in [3.63, 3.8) is 0 Å². The Morgan fingerprint density at radius 3 is 2.70 bits per heavy atom. The van der Waals surface area contributed by atoms with Gasteiger partial charge < -0.3 is 24.5 Å². The molecule has 3 heterocycles. The number of aryl methyl sites for hydroxylation is 1. The van der Waals surface area contributed by atoms with E-state index in [4.69, 9.17) is 19.4 Å². The minimum absolute atomic E-state index is 0.105. The van der Waals surface area contributed by atoms with Crippen molar-refractivity contribution in [2.45, 2.75) is 25.2 Å². The first kappa shape index (κ1) is 23.4. The van der Waals surface area contributed by atoms with Crippen molar-refractivity contribution in [1.82, 2.24) is 19.7 Å². The first-order valence-electron chi connectivity index (χ1n) is 9.00. The van der Waals surface area contributed by atoms with Gasteiger partial charge in [-0.1, -0.05) is 0 Å². The minimum atomic E-state index is -5.08. The zero-order valence-corrected chi connectivity index (χ0v) is 16.5. The topological polar surface area (TPSA) is 108 Å². The molecule has 2 aromatic heterocycles. The van der Waals surface area contributed by atoms with Gasteiger partial charge in [0.1, 0.15) is 11.8 Å². The number of nitrogens with zero attached hydrogens (tertiary/aromatic N) is 3. The van der Waals surface area contributed by atoms with Gasteiger partial charge in [-0.05, 0) is 24.1 Å². The number of rotatable bonds is 6. The number of amides is 1. The van der Waals surface area contributed by atoms with E-state index in [2.05, 4.69) is 10.4 Å². The van der Waals surface area contributed by atoms with Crippen LogP contribution < -0.4 is 5.32 Å². The van der Waals surface area contributed by atoms with Crippen LogP contribution in [0.2, 0.25) is 0 Å². The lowest BCUT2D eigenvalue weighted by Crippen LogP contribution is -2.32. The number of fused-ring (bicyclic) bond motifs is 1. The van der Waals surface area contributed by atoms with Gasteiger partial charge in [0.15, 0.2) is 0 Å². The van der Waals surface area contributed by atoms with E-state index in [9.17, 15) is 18.0 Å². The number of carboxylic acids is 1. The Morgan fingerprint density at radius 1 is 1.43 bits per heavy atom. The normalized spacial score (nSPS) is 15.7. The monoisotopic (exact) mass is 432 g/mol. The van der Waals surface area contributed by atoms with E-state index in [-0.39, 0.29) is 12.0 Å². The number of alkyl halides is 3. The van der Waals surface area contributed by atoms with Crippen LogP contribution in [-0.4, -0.2) is 64.4 Å². The maximum absolute atomic E-state index is 12.2. The van der Waals surface area contributed by atoms with E-state index in [1.807, 2.05) is 30.2 Å². The molecule has 1 unspecified atom stereocenters. The van der Waals surface area contributed by atoms with E-state index in [0.29, 0.717) is 32.0 Å². The van der Waals surface area contributed by atoms with Gasteiger partial charge in [0, 0.05) is 33.1 Å². The molecule has 166 valence electrons. The maximum Gasteiger partial charge on any atom is 0.490 e. The summed E-state index contributed by atoms with van der Waals surface area (Å²) in [6, 6.07) is 3.64. The van der Waals surface area contributed by atoms with E-state index in [1.165, 1.54) is 5.56 Å². The van der Waals surface area contributed by atoms with Crippen molar-refractivity contribution in [2.75, 3.05) is 26.9 Å². The summed E-state index contributed by atoms with van der Waals surface area (Å²) in [5.41, 5.74) is 2.73. The highest BCUT2D eigenvalue weighted by Gasteiger charge is 2.38. The summed E-state index contributed by atoms with van der Waals surface area (Å²) in [6.07, 6.45) is -0.540. The van der Waals surface area contributed by atoms with Gasteiger partial charge in [-0.3, -0.25) is 9.48 Å². The number of carbonyl (C=O) groups is 2. The summed E-state index contributed by atoms with van der Waals surface area (Å²) in [7, 11) is 3.52. The molecule has 1 amide bonds. The Kier molecular flexibility index (Phi) is 8.00. The number of nitrogens with one attached hydrogen (secondary N) is 1. The molecule has 0 saturated carbocycles. The molecular weight excluding hydrogens is 409 g/mol. The Morgan fingerprint density at radius 2 is 2.13 bits per heavy atom. The number of aliphatic carboxylic acids is 1. The van der Waals surface area contributed by atoms with Gasteiger partial charge in [0.25, 0.3) is 5.91 Å². The average Bonchev–Trinajstić information content (AvgIpc) is 3.30. The van der Waals surface area contributed by atoms with E-state index < -0.39 is 12.1 Å². The van der Waals surface area contributed by atoms with Crippen LogP contribution in [0.1, 0.15) is 27.8 Å².